The number of nitro groups is 1. The van der Waals surface area contributed by atoms with Crippen molar-refractivity contribution in [3.63, 3.8) is 0 Å². The zero-order valence-corrected chi connectivity index (χ0v) is 26.9. The molecule has 5 rings (SSSR count). The lowest BCUT2D eigenvalue weighted by Gasteiger charge is -2.19. The van der Waals surface area contributed by atoms with E-state index in [-0.39, 0.29) is 22.6 Å². The van der Waals surface area contributed by atoms with Gasteiger partial charge >= 0.3 is 0 Å². The van der Waals surface area contributed by atoms with Crippen LogP contribution in [-0.2, 0) is 21.2 Å². The minimum atomic E-state index is -4.15. The highest BCUT2D eigenvalue weighted by Crippen LogP contribution is 2.47. The van der Waals surface area contributed by atoms with E-state index in [9.17, 15) is 28.1 Å². The molecule has 12 heteroatoms. The maximum absolute atomic E-state index is 14.4. The molecule has 47 heavy (non-hydrogen) atoms. The molecular formula is C35H36N4O7S. The fourth-order valence-corrected chi connectivity index (χ4v) is 6.44. The highest BCUT2D eigenvalue weighted by Gasteiger charge is 2.56. The number of hydrazine groups is 1. The van der Waals surface area contributed by atoms with Crippen LogP contribution in [-0.4, -0.2) is 47.8 Å². The van der Waals surface area contributed by atoms with E-state index in [1.54, 1.807) is 60.7 Å². The van der Waals surface area contributed by atoms with Gasteiger partial charge in [0.15, 0.2) is 6.17 Å². The average Bonchev–Trinajstić information content (AvgIpc) is 3.82. The van der Waals surface area contributed by atoms with Crippen molar-refractivity contribution in [2.24, 2.45) is 0 Å². The Morgan fingerprint density at radius 1 is 0.894 bits per heavy atom. The molecule has 0 aliphatic carbocycles. The van der Waals surface area contributed by atoms with E-state index in [1.807, 2.05) is 13.0 Å². The Labute approximate surface area is 274 Å². The number of nitrogens with one attached hydrogen (secondary N) is 1. The summed E-state index contributed by atoms with van der Waals surface area (Å²) in [4.78, 5) is 39.0. The van der Waals surface area contributed by atoms with Crippen LogP contribution in [0.1, 0.15) is 59.4 Å². The van der Waals surface area contributed by atoms with Crippen LogP contribution in [0.15, 0.2) is 108 Å². The molecule has 1 aliphatic rings. The number of para-hydroxylation sites is 1. The quantitative estimate of drug-likeness (QED) is 0.0765. The van der Waals surface area contributed by atoms with Gasteiger partial charge in [0.1, 0.15) is 11.8 Å². The van der Waals surface area contributed by atoms with Gasteiger partial charge in [0.25, 0.3) is 17.5 Å². The second kappa shape index (κ2) is 14.6. The summed E-state index contributed by atoms with van der Waals surface area (Å²) in [5.74, 6) is -0.741. The number of rotatable bonds is 14. The summed E-state index contributed by atoms with van der Waals surface area (Å²) in [7, 11) is -4.15. The molecule has 1 aliphatic heterocycles. The Morgan fingerprint density at radius 3 is 2.21 bits per heavy atom. The maximum atomic E-state index is 14.4. The molecular weight excluding hydrogens is 620 g/mol. The Morgan fingerprint density at radius 2 is 1.55 bits per heavy atom. The van der Waals surface area contributed by atoms with E-state index in [2.05, 4.69) is 11.6 Å². The van der Waals surface area contributed by atoms with Gasteiger partial charge in [-0.2, -0.15) is 4.72 Å². The van der Waals surface area contributed by atoms with E-state index in [0.29, 0.717) is 23.5 Å². The molecule has 0 aromatic heterocycles. The van der Waals surface area contributed by atoms with Crippen LogP contribution in [0.2, 0.25) is 0 Å². The summed E-state index contributed by atoms with van der Waals surface area (Å²) in [5.41, 5.74) is 2.08. The predicted molar refractivity (Wildman–Crippen MR) is 176 cm³/mol. The Balaban J connectivity index is 1.52. The molecule has 1 saturated heterocycles. The van der Waals surface area contributed by atoms with Crippen LogP contribution in [0.5, 0.6) is 5.75 Å². The topological polar surface area (TPSA) is 139 Å². The molecule has 0 spiro atoms. The van der Waals surface area contributed by atoms with Crippen molar-refractivity contribution in [1.29, 1.82) is 0 Å². The summed E-state index contributed by atoms with van der Waals surface area (Å²) >= 11 is 0. The zero-order chi connectivity index (χ0) is 33.6. The number of ether oxygens (including phenoxy) is 1. The van der Waals surface area contributed by atoms with Crippen molar-refractivity contribution < 1.29 is 27.7 Å². The highest BCUT2D eigenvalue weighted by atomic mass is 32.2. The fourth-order valence-electron chi connectivity index (χ4n) is 5.25. The molecule has 1 N–H and O–H groups in total. The Kier molecular flexibility index (Phi) is 10.3. The first-order valence-electron chi connectivity index (χ1n) is 15.4. The summed E-state index contributed by atoms with van der Waals surface area (Å²) in [5, 5.41) is 13.7. The lowest BCUT2D eigenvalue weighted by atomic mass is 10.1. The molecule has 1 heterocycles. The number of amides is 2. The minimum Gasteiger partial charge on any atom is -0.493 e. The third-order valence-corrected chi connectivity index (χ3v) is 9.30. The van der Waals surface area contributed by atoms with E-state index in [4.69, 9.17) is 4.74 Å². The lowest BCUT2D eigenvalue weighted by Crippen LogP contribution is -2.46. The fraction of sp³-hybridized carbons (Fsp3) is 0.257. The van der Waals surface area contributed by atoms with Crippen molar-refractivity contribution in [2.45, 2.75) is 56.6 Å². The number of nitrogens with zero attached hydrogens (tertiary/aromatic N) is 3. The van der Waals surface area contributed by atoms with Crippen LogP contribution >= 0.6 is 0 Å². The first kappa shape index (κ1) is 33.3. The number of sulfonamides is 1. The number of carbonyl (C=O) groups is 2. The number of hydrogen-bond donors (Lipinski definition) is 1. The standard InChI is InChI=1S/C35H36N4O7S/c1-3-4-10-23-46-32-14-9-8-13-30(32)33-37(34(40)27-17-19-28(20-18-27)39(42)43)38(33)35(41)31(24-26-11-6-5-7-12-26)36-47(44,45)29-21-15-25(2)16-22-29/h5-9,11-22,31,33,36H,3-4,10,23-24H2,1-2H3. The van der Waals surface area contributed by atoms with Crippen LogP contribution in [0.4, 0.5) is 5.69 Å². The number of aryl methyl sites for hydroxylation is 1. The molecule has 11 nitrogen and oxygen atoms in total. The van der Waals surface area contributed by atoms with Crippen LogP contribution in [0.25, 0.3) is 0 Å². The third kappa shape index (κ3) is 7.84. The van der Waals surface area contributed by atoms with Gasteiger partial charge in [-0.05, 0) is 55.7 Å². The first-order chi connectivity index (χ1) is 22.6. The monoisotopic (exact) mass is 656 g/mol. The molecule has 4 aromatic carbocycles. The number of non-ortho nitro benzene ring substituents is 1. The summed E-state index contributed by atoms with van der Waals surface area (Å²) in [6.45, 7) is 4.37. The predicted octanol–water partition coefficient (Wildman–Crippen LogP) is 5.96. The molecule has 244 valence electrons. The van der Waals surface area contributed by atoms with Gasteiger partial charge in [-0.15, -0.1) is 0 Å². The maximum Gasteiger partial charge on any atom is 0.274 e. The second-order valence-corrected chi connectivity index (χ2v) is 13.0. The Hall–Kier alpha value is -5.07. The molecule has 4 aromatic rings. The van der Waals surface area contributed by atoms with Crippen molar-refractivity contribution >= 4 is 27.5 Å². The molecule has 2 atom stereocenters. The van der Waals surface area contributed by atoms with Gasteiger partial charge < -0.3 is 4.74 Å². The lowest BCUT2D eigenvalue weighted by molar-refractivity contribution is -0.384. The van der Waals surface area contributed by atoms with Crippen molar-refractivity contribution in [3.05, 3.63) is 135 Å². The van der Waals surface area contributed by atoms with E-state index >= 15 is 0 Å². The molecule has 1 fully saturated rings. The molecule has 0 bridgehead atoms. The van der Waals surface area contributed by atoms with Gasteiger partial charge in [0.05, 0.1) is 16.4 Å². The van der Waals surface area contributed by atoms with Gasteiger partial charge in [0, 0.05) is 23.3 Å². The van der Waals surface area contributed by atoms with Crippen molar-refractivity contribution in [1.82, 2.24) is 14.7 Å². The largest absolute Gasteiger partial charge is 0.493 e. The summed E-state index contributed by atoms with van der Waals surface area (Å²) < 4.78 is 35.8. The highest BCUT2D eigenvalue weighted by molar-refractivity contribution is 7.89. The zero-order valence-electron chi connectivity index (χ0n) is 26.1. The normalized spacial score (nSPS) is 14.8. The number of nitro benzene ring substituents is 1. The summed E-state index contributed by atoms with van der Waals surface area (Å²) in [6, 6.07) is 26.2. The average molecular weight is 657 g/mol. The van der Waals surface area contributed by atoms with Crippen LogP contribution < -0.4 is 9.46 Å². The molecule has 0 saturated carbocycles. The van der Waals surface area contributed by atoms with Crippen molar-refractivity contribution in [2.75, 3.05) is 6.61 Å². The third-order valence-electron chi connectivity index (χ3n) is 7.81. The smallest absolute Gasteiger partial charge is 0.274 e. The van der Waals surface area contributed by atoms with E-state index < -0.39 is 39.0 Å². The van der Waals surface area contributed by atoms with Gasteiger partial charge in [-0.1, -0.05) is 86.0 Å². The second-order valence-electron chi connectivity index (χ2n) is 11.3. The SMILES string of the molecule is CCCCCOc1ccccc1C1N(C(=O)c2ccc([N+](=O)[O-])cc2)N1C(=O)C(Cc1ccccc1)NS(=O)(=O)c1ccc(C)cc1. The number of benzene rings is 4. The number of unbranched alkanes of at least 4 members (excludes halogenated alkanes) is 2. The Bertz CT molecular complexity index is 1830. The first-order valence-corrected chi connectivity index (χ1v) is 16.8. The number of carbonyl (C=O) groups excluding carboxylic acids is 2. The van der Waals surface area contributed by atoms with Gasteiger partial charge in [-0.25, -0.2) is 18.4 Å². The molecule has 2 unspecified atom stereocenters. The van der Waals surface area contributed by atoms with Gasteiger partial charge in [-0.3, -0.25) is 19.7 Å². The van der Waals surface area contributed by atoms with Crippen LogP contribution in [0, 0.1) is 17.0 Å². The minimum absolute atomic E-state index is 0.000876. The van der Waals surface area contributed by atoms with Crippen molar-refractivity contribution in [3.8, 4) is 5.75 Å². The van der Waals surface area contributed by atoms with Gasteiger partial charge in [0.2, 0.25) is 10.0 Å². The number of hydrogen-bond acceptors (Lipinski definition) is 7. The summed E-state index contributed by atoms with van der Waals surface area (Å²) in [6.07, 6.45) is 1.92. The van der Waals surface area contributed by atoms with E-state index in [0.717, 1.165) is 24.8 Å². The van der Waals surface area contributed by atoms with E-state index in [1.165, 1.54) is 46.4 Å². The van der Waals surface area contributed by atoms with Crippen LogP contribution in [0.3, 0.4) is 0 Å². The molecule has 2 amide bonds. The molecule has 0 radical (unpaired) electrons.